The first kappa shape index (κ1) is 24.7. The average molecular weight is 434 g/mol. The molecule has 1 saturated heterocycles. The summed E-state index contributed by atoms with van der Waals surface area (Å²) in [6, 6.07) is 18.3. The van der Waals surface area contributed by atoms with Crippen LogP contribution < -0.4 is 4.74 Å². The summed E-state index contributed by atoms with van der Waals surface area (Å²) in [5, 5.41) is 11.7. The summed E-state index contributed by atoms with van der Waals surface area (Å²) < 4.78 is 11.3. The third-order valence-electron chi connectivity index (χ3n) is 5.83. The Bertz CT molecular complexity index is 728. The van der Waals surface area contributed by atoms with Crippen molar-refractivity contribution in [2.75, 3.05) is 39.5 Å². The molecule has 0 saturated carbocycles. The monoisotopic (exact) mass is 433 g/mol. The molecule has 166 valence electrons. The number of hydrogen-bond acceptors (Lipinski definition) is 4. The first-order valence-corrected chi connectivity index (χ1v) is 10.8. The van der Waals surface area contributed by atoms with Crippen LogP contribution in [0.5, 0.6) is 5.75 Å². The zero-order chi connectivity index (χ0) is 20.7. The Morgan fingerprint density at radius 1 is 1.03 bits per heavy atom. The molecule has 5 heteroatoms. The van der Waals surface area contributed by atoms with Gasteiger partial charge in [-0.1, -0.05) is 56.3 Å². The fraction of sp³-hybridized carbons (Fsp3) is 0.520. The minimum atomic E-state index is -0.990. The molecule has 1 fully saturated rings. The molecule has 1 heterocycles. The van der Waals surface area contributed by atoms with Gasteiger partial charge in [-0.3, -0.25) is 4.90 Å². The summed E-state index contributed by atoms with van der Waals surface area (Å²) in [6.07, 6.45) is 1.04. The van der Waals surface area contributed by atoms with Crippen molar-refractivity contribution in [3.63, 3.8) is 0 Å². The predicted octanol–water partition coefficient (Wildman–Crippen LogP) is 4.86. The van der Waals surface area contributed by atoms with Gasteiger partial charge in [0.25, 0.3) is 0 Å². The van der Waals surface area contributed by atoms with Gasteiger partial charge in [0.2, 0.25) is 0 Å². The molecular weight excluding hydrogens is 398 g/mol. The van der Waals surface area contributed by atoms with Gasteiger partial charge in [-0.05, 0) is 42.5 Å². The zero-order valence-electron chi connectivity index (χ0n) is 18.4. The van der Waals surface area contributed by atoms with E-state index in [-0.39, 0.29) is 18.3 Å². The number of aliphatic hydroxyl groups is 1. The summed E-state index contributed by atoms with van der Waals surface area (Å²) >= 11 is 0. The first-order chi connectivity index (χ1) is 14.0. The van der Waals surface area contributed by atoms with Crippen molar-refractivity contribution in [3.05, 3.63) is 65.7 Å². The fourth-order valence-electron chi connectivity index (χ4n) is 3.84. The third-order valence-corrected chi connectivity index (χ3v) is 5.83. The summed E-state index contributed by atoms with van der Waals surface area (Å²) in [6.45, 7) is 11.2. The topological polar surface area (TPSA) is 41.9 Å². The molecule has 2 aromatic carbocycles. The number of nitrogens with zero attached hydrogens (tertiary/aromatic N) is 1. The largest absolute Gasteiger partial charge is 0.494 e. The van der Waals surface area contributed by atoms with Crippen molar-refractivity contribution < 1.29 is 14.6 Å². The normalized spacial score (nSPS) is 17.8. The Hall–Kier alpha value is -1.59. The lowest BCUT2D eigenvalue weighted by atomic mass is 9.78. The van der Waals surface area contributed by atoms with Crippen LogP contribution >= 0.6 is 12.4 Å². The van der Waals surface area contributed by atoms with E-state index in [0.29, 0.717) is 5.92 Å². The molecule has 2 aromatic rings. The molecule has 3 rings (SSSR count). The molecule has 0 aromatic heterocycles. The van der Waals surface area contributed by atoms with Crippen LogP contribution in [0.1, 0.15) is 44.2 Å². The average Bonchev–Trinajstić information content (AvgIpc) is 2.73. The second-order valence-corrected chi connectivity index (χ2v) is 8.58. The highest BCUT2D eigenvalue weighted by Crippen LogP contribution is 2.38. The highest BCUT2D eigenvalue weighted by Gasteiger charge is 2.36. The van der Waals surface area contributed by atoms with Crippen molar-refractivity contribution >= 4 is 12.4 Å². The number of rotatable bonds is 9. The van der Waals surface area contributed by atoms with Gasteiger partial charge < -0.3 is 14.6 Å². The standard InChI is InChI=1S/C25H35NO3.ClH/c1-20(2)13-16-29-23-11-9-22(10-12-23)25(3,27)24(21-7-5-4-6-8-21)19-26-14-17-28-18-15-26;/h4-12,20,24,27H,13-19H2,1-3H3;1H. The van der Waals surface area contributed by atoms with Crippen LogP contribution in [-0.4, -0.2) is 49.5 Å². The zero-order valence-corrected chi connectivity index (χ0v) is 19.2. The number of benzene rings is 2. The molecular formula is C25H36ClNO3. The van der Waals surface area contributed by atoms with Crippen molar-refractivity contribution in [2.45, 2.75) is 38.7 Å². The number of hydrogen-bond donors (Lipinski definition) is 1. The van der Waals surface area contributed by atoms with Crippen molar-refractivity contribution in [3.8, 4) is 5.75 Å². The molecule has 0 amide bonds. The molecule has 2 atom stereocenters. The Kier molecular flexibility index (Phi) is 9.63. The minimum Gasteiger partial charge on any atom is -0.494 e. The van der Waals surface area contributed by atoms with E-state index >= 15 is 0 Å². The molecule has 0 bridgehead atoms. The van der Waals surface area contributed by atoms with Crippen LogP contribution in [0, 0.1) is 5.92 Å². The number of morpholine rings is 1. The van der Waals surface area contributed by atoms with Gasteiger partial charge in [0, 0.05) is 25.6 Å². The van der Waals surface area contributed by atoms with Crippen LogP contribution in [0.3, 0.4) is 0 Å². The summed E-state index contributed by atoms with van der Waals surface area (Å²) in [7, 11) is 0. The van der Waals surface area contributed by atoms with Crippen LogP contribution in [0.25, 0.3) is 0 Å². The molecule has 1 aliphatic heterocycles. The lowest BCUT2D eigenvalue weighted by molar-refractivity contribution is -0.0107. The maximum Gasteiger partial charge on any atom is 0.119 e. The van der Waals surface area contributed by atoms with Crippen molar-refractivity contribution in [2.24, 2.45) is 5.92 Å². The fourth-order valence-corrected chi connectivity index (χ4v) is 3.84. The molecule has 1 N–H and O–H groups in total. The second-order valence-electron chi connectivity index (χ2n) is 8.58. The van der Waals surface area contributed by atoms with Gasteiger partial charge >= 0.3 is 0 Å². The lowest BCUT2D eigenvalue weighted by Gasteiger charge is -2.38. The van der Waals surface area contributed by atoms with Crippen LogP contribution in [0.2, 0.25) is 0 Å². The molecule has 0 aliphatic carbocycles. The maximum absolute atomic E-state index is 11.7. The van der Waals surface area contributed by atoms with E-state index in [1.165, 1.54) is 0 Å². The third kappa shape index (κ3) is 6.71. The van der Waals surface area contributed by atoms with Gasteiger partial charge in [-0.2, -0.15) is 0 Å². The van der Waals surface area contributed by atoms with Crippen molar-refractivity contribution in [1.29, 1.82) is 0 Å². The van der Waals surface area contributed by atoms with E-state index < -0.39 is 5.60 Å². The molecule has 0 spiro atoms. The predicted molar refractivity (Wildman–Crippen MR) is 125 cm³/mol. The lowest BCUT2D eigenvalue weighted by Crippen LogP contribution is -2.43. The van der Waals surface area contributed by atoms with E-state index in [1.54, 1.807) is 0 Å². The summed E-state index contributed by atoms with van der Waals surface area (Å²) in [5.41, 5.74) is 1.08. The quantitative estimate of drug-likeness (QED) is 0.613. The van der Waals surface area contributed by atoms with Crippen molar-refractivity contribution in [1.82, 2.24) is 4.90 Å². The minimum absolute atomic E-state index is 0. The summed E-state index contributed by atoms with van der Waals surface area (Å²) in [5.74, 6) is 1.45. The number of halogens is 1. The molecule has 2 unspecified atom stereocenters. The second kappa shape index (κ2) is 11.7. The Morgan fingerprint density at radius 3 is 2.27 bits per heavy atom. The van der Waals surface area contributed by atoms with Gasteiger partial charge in [-0.25, -0.2) is 0 Å². The van der Waals surface area contributed by atoms with Crippen LogP contribution in [0.15, 0.2) is 54.6 Å². The van der Waals surface area contributed by atoms with Gasteiger partial charge in [0.15, 0.2) is 0 Å². The van der Waals surface area contributed by atoms with Crippen LogP contribution in [-0.2, 0) is 10.3 Å². The maximum atomic E-state index is 11.7. The number of ether oxygens (including phenoxy) is 2. The highest BCUT2D eigenvalue weighted by atomic mass is 35.5. The van der Waals surface area contributed by atoms with Gasteiger partial charge in [-0.15, -0.1) is 12.4 Å². The van der Waals surface area contributed by atoms with E-state index in [2.05, 4.69) is 30.9 Å². The summed E-state index contributed by atoms with van der Waals surface area (Å²) in [4.78, 5) is 2.39. The van der Waals surface area contributed by atoms with Crippen LogP contribution in [0.4, 0.5) is 0 Å². The molecule has 0 radical (unpaired) electrons. The van der Waals surface area contributed by atoms with E-state index in [0.717, 1.165) is 62.8 Å². The van der Waals surface area contributed by atoms with Gasteiger partial charge in [0.1, 0.15) is 5.75 Å². The van der Waals surface area contributed by atoms with E-state index in [1.807, 2.05) is 49.4 Å². The SMILES string of the molecule is CC(C)CCOc1ccc(C(C)(O)C(CN2CCOCC2)c2ccccc2)cc1.Cl. The Labute approximate surface area is 187 Å². The van der Waals surface area contributed by atoms with Gasteiger partial charge in [0.05, 0.1) is 25.4 Å². The smallest absolute Gasteiger partial charge is 0.119 e. The molecule has 4 nitrogen and oxygen atoms in total. The van der Waals surface area contributed by atoms with E-state index in [4.69, 9.17) is 9.47 Å². The Balaban J connectivity index is 0.00000320. The molecule has 1 aliphatic rings. The highest BCUT2D eigenvalue weighted by molar-refractivity contribution is 5.85. The van der Waals surface area contributed by atoms with E-state index in [9.17, 15) is 5.11 Å². The Morgan fingerprint density at radius 2 is 1.67 bits per heavy atom. The molecule has 30 heavy (non-hydrogen) atoms. The first-order valence-electron chi connectivity index (χ1n) is 10.8.